The van der Waals surface area contributed by atoms with Crippen LogP contribution < -0.4 is 0 Å². The van der Waals surface area contributed by atoms with Gasteiger partial charge in [-0.3, -0.25) is 4.79 Å². The summed E-state index contributed by atoms with van der Waals surface area (Å²) in [7, 11) is 2.50. The van der Waals surface area contributed by atoms with Gasteiger partial charge in [-0.2, -0.15) is 0 Å². The molecule has 19 heavy (non-hydrogen) atoms. The Labute approximate surface area is 111 Å². The number of carbonyl (C=O) groups excluding carboxylic acids is 2. The molecule has 1 aromatic carbocycles. The van der Waals surface area contributed by atoms with E-state index in [2.05, 4.69) is 9.47 Å². The molecule has 5 heteroatoms. The van der Waals surface area contributed by atoms with Gasteiger partial charge in [0, 0.05) is 5.57 Å². The molecular formula is C14H16O5. The summed E-state index contributed by atoms with van der Waals surface area (Å²) in [6.07, 6.45) is 1.37. The van der Waals surface area contributed by atoms with Crippen molar-refractivity contribution in [2.45, 2.75) is 13.3 Å². The Kier molecular flexibility index (Phi) is 5.11. The van der Waals surface area contributed by atoms with Crippen LogP contribution in [0.2, 0.25) is 0 Å². The maximum atomic E-state index is 11.6. The van der Waals surface area contributed by atoms with Crippen molar-refractivity contribution in [2.24, 2.45) is 0 Å². The van der Waals surface area contributed by atoms with E-state index in [9.17, 15) is 14.7 Å². The lowest BCUT2D eigenvalue weighted by atomic mass is 10.1. The molecule has 5 nitrogen and oxygen atoms in total. The van der Waals surface area contributed by atoms with Crippen LogP contribution in [0.4, 0.5) is 0 Å². The van der Waals surface area contributed by atoms with E-state index in [1.54, 1.807) is 19.1 Å². The summed E-state index contributed by atoms with van der Waals surface area (Å²) in [5.41, 5.74) is 1.56. The zero-order chi connectivity index (χ0) is 14.4. The standard InChI is InChI=1S/C14H16O5/c1-9-6-10(4-5-12(9)15)7-11(14(17)19-3)8-13(16)18-2/h4-7,15H,8H2,1-3H3/b11-7+. The lowest BCUT2D eigenvalue weighted by molar-refractivity contribution is -0.143. The van der Waals surface area contributed by atoms with Crippen molar-refractivity contribution in [3.63, 3.8) is 0 Å². The SMILES string of the molecule is COC(=O)C/C(=C\c1ccc(O)c(C)c1)C(=O)OC. The molecule has 0 amide bonds. The van der Waals surface area contributed by atoms with Crippen molar-refractivity contribution in [2.75, 3.05) is 14.2 Å². The van der Waals surface area contributed by atoms with Crippen LogP contribution in [0.1, 0.15) is 17.5 Å². The van der Waals surface area contributed by atoms with Gasteiger partial charge < -0.3 is 14.6 Å². The zero-order valence-electron chi connectivity index (χ0n) is 11.1. The number of aryl methyl sites for hydroxylation is 1. The second-order valence-corrected chi connectivity index (χ2v) is 3.96. The van der Waals surface area contributed by atoms with Crippen molar-refractivity contribution in [3.05, 3.63) is 34.9 Å². The van der Waals surface area contributed by atoms with Crippen LogP contribution in [-0.2, 0) is 19.1 Å². The van der Waals surface area contributed by atoms with Crippen LogP contribution in [0.5, 0.6) is 5.75 Å². The second-order valence-electron chi connectivity index (χ2n) is 3.96. The first-order valence-corrected chi connectivity index (χ1v) is 5.63. The minimum Gasteiger partial charge on any atom is -0.508 e. The molecule has 0 aliphatic heterocycles. The molecule has 0 aliphatic carbocycles. The van der Waals surface area contributed by atoms with E-state index in [0.717, 1.165) is 0 Å². The highest BCUT2D eigenvalue weighted by Crippen LogP contribution is 2.20. The van der Waals surface area contributed by atoms with Crippen LogP contribution in [0, 0.1) is 6.92 Å². The number of hydrogen-bond acceptors (Lipinski definition) is 5. The van der Waals surface area contributed by atoms with E-state index < -0.39 is 11.9 Å². The number of esters is 2. The summed E-state index contributed by atoms with van der Waals surface area (Å²) >= 11 is 0. The molecule has 0 radical (unpaired) electrons. The molecule has 0 saturated carbocycles. The summed E-state index contributed by atoms with van der Waals surface area (Å²) in [5.74, 6) is -0.937. The first kappa shape index (κ1) is 14.8. The van der Waals surface area contributed by atoms with Gasteiger partial charge in [0.15, 0.2) is 0 Å². The van der Waals surface area contributed by atoms with Crippen LogP contribution >= 0.6 is 0 Å². The van der Waals surface area contributed by atoms with Crippen LogP contribution in [0.25, 0.3) is 6.08 Å². The van der Waals surface area contributed by atoms with E-state index >= 15 is 0 Å². The molecule has 0 aliphatic rings. The van der Waals surface area contributed by atoms with Gasteiger partial charge in [-0.1, -0.05) is 6.07 Å². The molecule has 0 unspecified atom stereocenters. The first-order chi connectivity index (χ1) is 8.97. The van der Waals surface area contributed by atoms with Gasteiger partial charge in [0.25, 0.3) is 0 Å². The molecule has 0 atom stereocenters. The summed E-state index contributed by atoms with van der Waals surface area (Å²) in [5, 5.41) is 9.43. The van der Waals surface area contributed by atoms with E-state index in [1.807, 2.05) is 0 Å². The molecule has 102 valence electrons. The van der Waals surface area contributed by atoms with Gasteiger partial charge in [0.1, 0.15) is 5.75 Å². The number of hydrogen-bond donors (Lipinski definition) is 1. The number of carbonyl (C=O) groups is 2. The third kappa shape index (κ3) is 4.13. The summed E-state index contributed by atoms with van der Waals surface area (Å²) in [4.78, 5) is 22.8. The van der Waals surface area contributed by atoms with E-state index in [1.165, 1.54) is 26.4 Å². The molecule has 1 rings (SSSR count). The fourth-order valence-corrected chi connectivity index (χ4v) is 1.51. The van der Waals surface area contributed by atoms with Crippen molar-refractivity contribution in [1.82, 2.24) is 0 Å². The molecule has 0 fully saturated rings. The Balaban J connectivity index is 3.08. The number of benzene rings is 1. The fourth-order valence-electron chi connectivity index (χ4n) is 1.51. The van der Waals surface area contributed by atoms with Crippen LogP contribution in [-0.4, -0.2) is 31.3 Å². The third-order valence-corrected chi connectivity index (χ3v) is 2.57. The number of methoxy groups -OCH3 is 2. The highest BCUT2D eigenvalue weighted by molar-refractivity contribution is 5.98. The summed E-state index contributed by atoms with van der Waals surface area (Å²) < 4.78 is 9.15. The Morgan fingerprint density at radius 2 is 1.95 bits per heavy atom. The number of aromatic hydroxyl groups is 1. The largest absolute Gasteiger partial charge is 0.508 e. The van der Waals surface area contributed by atoms with Crippen molar-refractivity contribution < 1.29 is 24.2 Å². The van der Waals surface area contributed by atoms with Gasteiger partial charge in [-0.25, -0.2) is 4.79 Å². The minimum absolute atomic E-state index is 0.164. The Hall–Kier alpha value is -2.30. The first-order valence-electron chi connectivity index (χ1n) is 5.63. The molecule has 0 bridgehead atoms. The quantitative estimate of drug-likeness (QED) is 0.663. The highest BCUT2D eigenvalue weighted by Gasteiger charge is 2.15. The Morgan fingerprint density at radius 1 is 1.26 bits per heavy atom. The van der Waals surface area contributed by atoms with Gasteiger partial charge in [-0.05, 0) is 36.3 Å². The third-order valence-electron chi connectivity index (χ3n) is 2.57. The van der Waals surface area contributed by atoms with Crippen molar-refractivity contribution in [1.29, 1.82) is 0 Å². The normalized spacial score (nSPS) is 11.0. The van der Waals surface area contributed by atoms with Gasteiger partial charge in [0.05, 0.1) is 20.6 Å². The van der Waals surface area contributed by atoms with Crippen LogP contribution in [0.15, 0.2) is 23.8 Å². The topological polar surface area (TPSA) is 72.8 Å². The van der Waals surface area contributed by atoms with Gasteiger partial charge in [0.2, 0.25) is 0 Å². The van der Waals surface area contributed by atoms with Gasteiger partial charge >= 0.3 is 11.9 Å². The summed E-state index contributed by atoms with van der Waals surface area (Å²) in [6, 6.07) is 4.87. The molecule has 0 heterocycles. The number of phenols is 1. The van der Waals surface area contributed by atoms with E-state index in [4.69, 9.17) is 0 Å². The molecule has 0 aromatic heterocycles. The average Bonchev–Trinajstić information content (AvgIpc) is 2.41. The summed E-state index contributed by atoms with van der Waals surface area (Å²) in [6.45, 7) is 1.74. The molecule has 1 aromatic rings. The predicted octanol–water partition coefficient (Wildman–Crippen LogP) is 1.82. The molecule has 1 N–H and O–H groups in total. The lowest BCUT2D eigenvalue weighted by Gasteiger charge is -2.05. The Bertz CT molecular complexity index is 517. The van der Waals surface area contributed by atoms with Crippen LogP contribution in [0.3, 0.4) is 0 Å². The smallest absolute Gasteiger partial charge is 0.334 e. The number of phenolic OH excluding ortho intramolecular Hbond substituents is 1. The predicted molar refractivity (Wildman–Crippen MR) is 69.5 cm³/mol. The fraction of sp³-hybridized carbons (Fsp3) is 0.286. The maximum absolute atomic E-state index is 11.6. The van der Waals surface area contributed by atoms with Crippen molar-refractivity contribution in [3.8, 4) is 5.75 Å². The molecule has 0 spiro atoms. The minimum atomic E-state index is -0.587. The zero-order valence-corrected chi connectivity index (χ0v) is 11.1. The molecular weight excluding hydrogens is 248 g/mol. The van der Waals surface area contributed by atoms with Gasteiger partial charge in [-0.15, -0.1) is 0 Å². The number of rotatable bonds is 4. The van der Waals surface area contributed by atoms with Crippen molar-refractivity contribution >= 4 is 18.0 Å². The second kappa shape index (κ2) is 6.58. The average molecular weight is 264 g/mol. The lowest BCUT2D eigenvalue weighted by Crippen LogP contribution is -2.10. The molecule has 0 saturated heterocycles. The maximum Gasteiger partial charge on any atom is 0.334 e. The van der Waals surface area contributed by atoms with E-state index in [0.29, 0.717) is 11.1 Å². The number of ether oxygens (including phenoxy) is 2. The highest BCUT2D eigenvalue weighted by atomic mass is 16.5. The Morgan fingerprint density at radius 3 is 2.47 bits per heavy atom. The monoisotopic (exact) mass is 264 g/mol. The van der Waals surface area contributed by atoms with E-state index in [-0.39, 0.29) is 17.7 Å².